The zero-order valence-electron chi connectivity index (χ0n) is 16.9. The van der Waals surface area contributed by atoms with E-state index in [1.54, 1.807) is 14.2 Å². The lowest BCUT2D eigenvalue weighted by atomic mass is 10.2. The van der Waals surface area contributed by atoms with E-state index in [0.717, 1.165) is 45.1 Å². The molecule has 0 aliphatic rings. The molecular formula is C20H36IN3O3. The van der Waals surface area contributed by atoms with Crippen LogP contribution in [0.25, 0.3) is 0 Å². The Kier molecular flexibility index (Phi) is 17.8. The van der Waals surface area contributed by atoms with Crippen molar-refractivity contribution in [3.63, 3.8) is 0 Å². The van der Waals surface area contributed by atoms with E-state index < -0.39 is 0 Å². The minimum Gasteiger partial charge on any atom is -0.382 e. The van der Waals surface area contributed by atoms with E-state index >= 15 is 0 Å². The predicted molar refractivity (Wildman–Crippen MR) is 122 cm³/mol. The summed E-state index contributed by atoms with van der Waals surface area (Å²) >= 11 is 0. The standard InChI is InChI=1S/C20H35N3O3.HI/c1-18(16-26-17-19-9-5-4-6-10-19)15-23-20(21-2)22-11-7-8-12-25-14-13-24-3;/h4-6,9-10,18H,7-8,11-17H2,1-3H3,(H2,21,22,23);1H. The summed E-state index contributed by atoms with van der Waals surface area (Å²) in [6.45, 7) is 7.35. The highest BCUT2D eigenvalue weighted by Gasteiger charge is 2.04. The van der Waals surface area contributed by atoms with E-state index in [1.165, 1.54) is 5.56 Å². The van der Waals surface area contributed by atoms with E-state index in [1.807, 2.05) is 18.2 Å². The highest BCUT2D eigenvalue weighted by atomic mass is 127. The van der Waals surface area contributed by atoms with Crippen LogP contribution in [0.1, 0.15) is 25.3 Å². The Morgan fingerprint density at radius 3 is 2.52 bits per heavy atom. The average molecular weight is 493 g/mol. The van der Waals surface area contributed by atoms with Gasteiger partial charge in [0.25, 0.3) is 0 Å². The van der Waals surface area contributed by atoms with Gasteiger partial charge in [0.2, 0.25) is 0 Å². The number of guanidine groups is 1. The van der Waals surface area contributed by atoms with Crippen LogP contribution in [0.4, 0.5) is 0 Å². The van der Waals surface area contributed by atoms with Crippen molar-refractivity contribution in [1.82, 2.24) is 10.6 Å². The van der Waals surface area contributed by atoms with Gasteiger partial charge in [-0.1, -0.05) is 37.3 Å². The van der Waals surface area contributed by atoms with E-state index in [9.17, 15) is 0 Å². The van der Waals surface area contributed by atoms with Crippen molar-refractivity contribution in [3.05, 3.63) is 35.9 Å². The summed E-state index contributed by atoms with van der Waals surface area (Å²) in [6, 6.07) is 10.2. The third-order valence-corrected chi connectivity index (χ3v) is 3.80. The lowest BCUT2D eigenvalue weighted by Gasteiger charge is -2.16. The van der Waals surface area contributed by atoms with E-state index in [0.29, 0.717) is 25.7 Å². The third-order valence-electron chi connectivity index (χ3n) is 3.80. The van der Waals surface area contributed by atoms with Crippen LogP contribution in [0.2, 0.25) is 0 Å². The van der Waals surface area contributed by atoms with Crippen LogP contribution in [0.15, 0.2) is 35.3 Å². The fourth-order valence-electron chi connectivity index (χ4n) is 2.28. The molecule has 0 aliphatic carbocycles. The minimum atomic E-state index is 0. The van der Waals surface area contributed by atoms with E-state index in [2.05, 4.69) is 34.7 Å². The Labute approximate surface area is 181 Å². The summed E-state index contributed by atoms with van der Waals surface area (Å²) in [7, 11) is 3.47. The van der Waals surface area contributed by atoms with Crippen molar-refractivity contribution in [1.29, 1.82) is 0 Å². The Morgan fingerprint density at radius 1 is 1.04 bits per heavy atom. The summed E-state index contributed by atoms with van der Waals surface area (Å²) in [5.74, 6) is 1.24. The zero-order valence-corrected chi connectivity index (χ0v) is 19.2. The monoisotopic (exact) mass is 493 g/mol. The second kappa shape index (κ2) is 18.5. The van der Waals surface area contributed by atoms with Crippen molar-refractivity contribution in [2.45, 2.75) is 26.4 Å². The summed E-state index contributed by atoms with van der Waals surface area (Å²) in [5, 5.41) is 6.67. The fourth-order valence-corrected chi connectivity index (χ4v) is 2.28. The second-order valence-corrected chi connectivity index (χ2v) is 6.30. The molecule has 0 radical (unpaired) electrons. The maximum atomic E-state index is 5.78. The SMILES string of the molecule is CN=C(NCCCCOCCOC)NCC(C)COCc1ccccc1.I. The first-order chi connectivity index (χ1) is 12.8. The van der Waals surface area contributed by atoms with Crippen LogP contribution >= 0.6 is 24.0 Å². The molecule has 156 valence electrons. The number of benzene rings is 1. The van der Waals surface area contributed by atoms with E-state index in [4.69, 9.17) is 14.2 Å². The molecule has 0 fully saturated rings. The Hall–Kier alpha value is -0.900. The molecule has 0 bridgehead atoms. The van der Waals surface area contributed by atoms with Gasteiger partial charge in [-0.15, -0.1) is 24.0 Å². The Bertz CT molecular complexity index is 475. The zero-order chi connectivity index (χ0) is 18.9. The minimum absolute atomic E-state index is 0. The largest absolute Gasteiger partial charge is 0.382 e. The molecule has 0 saturated heterocycles. The van der Waals surface area contributed by atoms with Crippen molar-refractivity contribution in [2.75, 3.05) is 53.7 Å². The van der Waals surface area contributed by atoms with Crippen molar-refractivity contribution in [2.24, 2.45) is 10.9 Å². The average Bonchev–Trinajstić information content (AvgIpc) is 2.67. The smallest absolute Gasteiger partial charge is 0.190 e. The third kappa shape index (κ3) is 14.8. The molecule has 7 heteroatoms. The molecule has 0 amide bonds. The number of nitrogens with one attached hydrogen (secondary N) is 2. The van der Waals surface area contributed by atoms with Crippen LogP contribution in [-0.2, 0) is 20.8 Å². The van der Waals surface area contributed by atoms with Gasteiger partial charge in [-0.05, 0) is 24.3 Å². The Morgan fingerprint density at radius 2 is 1.81 bits per heavy atom. The van der Waals surface area contributed by atoms with Crippen LogP contribution in [-0.4, -0.2) is 59.6 Å². The number of rotatable bonds is 14. The van der Waals surface area contributed by atoms with Crippen LogP contribution in [0.5, 0.6) is 0 Å². The second-order valence-electron chi connectivity index (χ2n) is 6.30. The van der Waals surface area contributed by atoms with Gasteiger partial charge >= 0.3 is 0 Å². The molecule has 1 aromatic rings. The summed E-state index contributed by atoms with van der Waals surface area (Å²) in [6.07, 6.45) is 2.07. The fraction of sp³-hybridized carbons (Fsp3) is 0.650. The molecule has 1 rings (SSSR count). The van der Waals surface area contributed by atoms with Gasteiger partial charge in [0.05, 0.1) is 26.4 Å². The highest BCUT2D eigenvalue weighted by molar-refractivity contribution is 14.0. The van der Waals surface area contributed by atoms with Gasteiger partial charge in [-0.3, -0.25) is 4.99 Å². The molecule has 0 aromatic heterocycles. The normalized spacial score (nSPS) is 12.3. The highest BCUT2D eigenvalue weighted by Crippen LogP contribution is 2.02. The summed E-state index contributed by atoms with van der Waals surface area (Å²) < 4.78 is 16.2. The number of halogens is 1. The molecule has 0 aliphatic heterocycles. The molecule has 1 unspecified atom stereocenters. The van der Waals surface area contributed by atoms with Gasteiger partial charge < -0.3 is 24.8 Å². The van der Waals surface area contributed by atoms with Gasteiger partial charge in [0, 0.05) is 33.9 Å². The number of aliphatic imine (C=N–C) groups is 1. The van der Waals surface area contributed by atoms with Crippen LogP contribution in [0, 0.1) is 5.92 Å². The molecule has 0 spiro atoms. The molecule has 1 aromatic carbocycles. The molecular weight excluding hydrogens is 457 g/mol. The number of hydrogen-bond donors (Lipinski definition) is 2. The predicted octanol–water partition coefficient (Wildman–Crippen LogP) is 3.07. The van der Waals surface area contributed by atoms with Crippen molar-refractivity contribution < 1.29 is 14.2 Å². The number of unbranched alkanes of at least 4 members (excludes halogenated alkanes) is 1. The summed E-state index contributed by atoms with van der Waals surface area (Å²) in [5.41, 5.74) is 1.20. The number of hydrogen-bond acceptors (Lipinski definition) is 4. The van der Waals surface area contributed by atoms with Gasteiger partial charge in [-0.2, -0.15) is 0 Å². The molecule has 0 heterocycles. The topological polar surface area (TPSA) is 64.1 Å². The first-order valence-corrected chi connectivity index (χ1v) is 9.39. The number of ether oxygens (including phenoxy) is 3. The van der Waals surface area contributed by atoms with Gasteiger partial charge in [0.15, 0.2) is 5.96 Å². The maximum absolute atomic E-state index is 5.78. The lowest BCUT2D eigenvalue weighted by Crippen LogP contribution is -2.40. The quantitative estimate of drug-likeness (QED) is 0.181. The number of methoxy groups -OCH3 is 1. The van der Waals surface area contributed by atoms with Gasteiger partial charge in [0.1, 0.15) is 0 Å². The Balaban J connectivity index is 0.00000676. The first kappa shape index (κ1) is 26.1. The molecule has 27 heavy (non-hydrogen) atoms. The number of nitrogens with zero attached hydrogens (tertiary/aromatic N) is 1. The van der Waals surface area contributed by atoms with E-state index in [-0.39, 0.29) is 24.0 Å². The molecule has 0 saturated carbocycles. The first-order valence-electron chi connectivity index (χ1n) is 9.39. The lowest BCUT2D eigenvalue weighted by molar-refractivity contribution is 0.0689. The molecule has 2 N–H and O–H groups in total. The van der Waals surface area contributed by atoms with Gasteiger partial charge in [-0.25, -0.2) is 0 Å². The molecule has 6 nitrogen and oxygen atoms in total. The molecule has 1 atom stereocenters. The van der Waals surface area contributed by atoms with Crippen LogP contribution < -0.4 is 10.6 Å². The maximum Gasteiger partial charge on any atom is 0.190 e. The van der Waals surface area contributed by atoms with Crippen molar-refractivity contribution in [3.8, 4) is 0 Å². The summed E-state index contributed by atoms with van der Waals surface area (Å²) in [4.78, 5) is 4.25. The van der Waals surface area contributed by atoms with Crippen molar-refractivity contribution >= 4 is 29.9 Å². The van der Waals surface area contributed by atoms with Crippen LogP contribution in [0.3, 0.4) is 0 Å².